The molecule has 2 heterocycles. The molecule has 1 saturated heterocycles. The van der Waals surface area contributed by atoms with Gasteiger partial charge in [0.1, 0.15) is 0 Å². The second kappa shape index (κ2) is 7.27. The van der Waals surface area contributed by atoms with Gasteiger partial charge >= 0.3 is 0 Å². The van der Waals surface area contributed by atoms with Crippen molar-refractivity contribution in [1.82, 2.24) is 14.6 Å². The maximum absolute atomic E-state index is 12.8. The molecule has 0 saturated carbocycles. The molecule has 2 N–H and O–H groups in total. The largest absolute Gasteiger partial charge is 0.322 e. The van der Waals surface area contributed by atoms with Crippen LogP contribution in [0.2, 0.25) is 0 Å². The highest BCUT2D eigenvalue weighted by atomic mass is 32.2. The van der Waals surface area contributed by atoms with Crippen molar-refractivity contribution in [1.29, 1.82) is 0 Å². The van der Waals surface area contributed by atoms with E-state index in [2.05, 4.69) is 21.5 Å². The summed E-state index contributed by atoms with van der Waals surface area (Å²) in [5.41, 5.74) is 1.23. The molecule has 3 rings (SSSR count). The van der Waals surface area contributed by atoms with Gasteiger partial charge in [-0.05, 0) is 63.0 Å². The van der Waals surface area contributed by atoms with Crippen LogP contribution in [0.4, 0.5) is 0 Å². The number of nitrogens with one attached hydrogen (secondary N) is 2. The Hall–Kier alpha value is -1.70. The van der Waals surface area contributed by atoms with Gasteiger partial charge in [0.2, 0.25) is 15.6 Å². The van der Waals surface area contributed by atoms with Crippen LogP contribution in [0.1, 0.15) is 31.7 Å². The van der Waals surface area contributed by atoms with E-state index in [0.29, 0.717) is 5.52 Å². The Morgan fingerprint density at radius 2 is 2.12 bits per heavy atom. The van der Waals surface area contributed by atoms with Gasteiger partial charge in [0.25, 0.3) is 0 Å². The minimum absolute atomic E-state index is 0.0577. The van der Waals surface area contributed by atoms with Crippen molar-refractivity contribution in [2.75, 3.05) is 19.6 Å². The number of aromatic amines is 1. The predicted molar refractivity (Wildman–Crippen MR) is 99.4 cm³/mol. The number of piperidine rings is 1. The summed E-state index contributed by atoms with van der Waals surface area (Å²) in [6.07, 6.45) is 2.94. The number of H-pyrrole nitrogens is 1. The number of hydrogen-bond donors (Lipinski definition) is 2. The fourth-order valence-corrected chi connectivity index (χ4v) is 4.81. The zero-order valence-electron chi connectivity index (χ0n) is 14.7. The molecule has 0 spiro atoms. The van der Waals surface area contributed by atoms with Crippen LogP contribution in [0.5, 0.6) is 0 Å². The molecule has 1 aromatic carbocycles. The number of aryl methyl sites for hydroxylation is 1. The van der Waals surface area contributed by atoms with E-state index in [4.69, 9.17) is 0 Å². The lowest BCUT2D eigenvalue weighted by Gasteiger charge is -2.32. The molecule has 0 unspecified atom stereocenters. The minimum Gasteiger partial charge on any atom is -0.322 e. The lowest BCUT2D eigenvalue weighted by atomic mass is 10.1. The van der Waals surface area contributed by atoms with Crippen molar-refractivity contribution in [3.63, 3.8) is 0 Å². The number of pyridine rings is 1. The highest BCUT2D eigenvalue weighted by molar-refractivity contribution is 7.89. The molecule has 0 amide bonds. The first-order chi connectivity index (χ1) is 11.9. The summed E-state index contributed by atoms with van der Waals surface area (Å²) in [6.45, 7) is 6.74. The Labute approximate surface area is 148 Å². The average molecular weight is 363 g/mol. The fourth-order valence-electron chi connectivity index (χ4n) is 3.53. The minimum atomic E-state index is -3.59. The molecule has 2 aromatic rings. The highest BCUT2D eigenvalue weighted by Crippen LogP contribution is 2.21. The van der Waals surface area contributed by atoms with E-state index < -0.39 is 10.0 Å². The average Bonchev–Trinajstić information content (AvgIpc) is 2.54. The monoisotopic (exact) mass is 363 g/mol. The van der Waals surface area contributed by atoms with E-state index >= 15 is 0 Å². The highest BCUT2D eigenvalue weighted by Gasteiger charge is 2.25. The lowest BCUT2D eigenvalue weighted by molar-refractivity contribution is 0.202. The lowest BCUT2D eigenvalue weighted by Crippen LogP contribution is -2.47. The van der Waals surface area contributed by atoms with Crippen molar-refractivity contribution in [3.05, 3.63) is 40.2 Å². The second-order valence-electron chi connectivity index (χ2n) is 6.79. The van der Waals surface area contributed by atoms with Crippen molar-refractivity contribution < 1.29 is 8.42 Å². The number of hydrogen-bond acceptors (Lipinski definition) is 4. The van der Waals surface area contributed by atoms with Crippen molar-refractivity contribution in [2.24, 2.45) is 0 Å². The molecular formula is C18H25N3O3S. The van der Waals surface area contributed by atoms with Gasteiger partial charge in [0.15, 0.2) is 0 Å². The van der Waals surface area contributed by atoms with Crippen LogP contribution in [-0.4, -0.2) is 44.0 Å². The van der Waals surface area contributed by atoms with E-state index in [-0.39, 0.29) is 16.5 Å². The molecule has 1 aromatic heterocycles. The molecule has 25 heavy (non-hydrogen) atoms. The van der Waals surface area contributed by atoms with Crippen LogP contribution in [0.25, 0.3) is 10.9 Å². The van der Waals surface area contributed by atoms with Crippen LogP contribution in [-0.2, 0) is 10.0 Å². The van der Waals surface area contributed by atoms with Crippen molar-refractivity contribution in [2.45, 2.75) is 44.0 Å². The van der Waals surface area contributed by atoms with Gasteiger partial charge in [-0.25, -0.2) is 13.1 Å². The van der Waals surface area contributed by atoms with Gasteiger partial charge in [0, 0.05) is 29.6 Å². The van der Waals surface area contributed by atoms with Gasteiger partial charge in [-0.15, -0.1) is 0 Å². The van der Waals surface area contributed by atoms with Gasteiger partial charge in [-0.2, -0.15) is 0 Å². The first-order valence-corrected chi connectivity index (χ1v) is 10.3. The summed E-state index contributed by atoms with van der Waals surface area (Å²) >= 11 is 0. The van der Waals surface area contributed by atoms with E-state index in [1.807, 2.05) is 6.92 Å². The SMILES string of the molecule is CCCN1CCC[C@H](NS(=O)(=O)c2ccc3[nH]c(=O)cc(C)c3c2)C1. The number of likely N-dealkylation sites (tertiary alicyclic amines) is 1. The van der Waals surface area contributed by atoms with E-state index in [1.165, 1.54) is 6.07 Å². The zero-order chi connectivity index (χ0) is 18.0. The van der Waals surface area contributed by atoms with Crippen molar-refractivity contribution in [3.8, 4) is 0 Å². The normalized spacial score (nSPS) is 19.4. The van der Waals surface area contributed by atoms with Crippen LogP contribution in [0.15, 0.2) is 34.0 Å². The Kier molecular flexibility index (Phi) is 5.27. The number of sulfonamides is 1. The first kappa shape index (κ1) is 18.1. The zero-order valence-corrected chi connectivity index (χ0v) is 15.5. The van der Waals surface area contributed by atoms with Gasteiger partial charge < -0.3 is 9.88 Å². The van der Waals surface area contributed by atoms with Gasteiger partial charge in [-0.3, -0.25) is 4.79 Å². The topological polar surface area (TPSA) is 82.3 Å². The Balaban J connectivity index is 1.84. The molecule has 6 nitrogen and oxygen atoms in total. The van der Waals surface area contributed by atoms with Crippen LogP contribution in [0, 0.1) is 6.92 Å². The number of fused-ring (bicyclic) bond motifs is 1. The quantitative estimate of drug-likeness (QED) is 0.851. The van der Waals surface area contributed by atoms with E-state index in [9.17, 15) is 13.2 Å². The summed E-state index contributed by atoms with van der Waals surface area (Å²) in [4.78, 5) is 16.8. The standard InChI is InChI=1S/C18H25N3O3S/c1-3-8-21-9-4-5-14(12-21)20-25(23,24)15-6-7-17-16(11-15)13(2)10-18(22)19-17/h6-7,10-11,14,20H,3-5,8-9,12H2,1-2H3,(H,19,22)/t14-/m0/s1. The number of benzene rings is 1. The third-order valence-electron chi connectivity index (χ3n) is 4.70. The molecule has 0 aliphatic carbocycles. The Morgan fingerprint density at radius 1 is 1.32 bits per heavy atom. The predicted octanol–water partition coefficient (Wildman–Crippen LogP) is 1.99. The van der Waals surface area contributed by atoms with Gasteiger partial charge in [-0.1, -0.05) is 6.92 Å². The molecule has 1 fully saturated rings. The van der Waals surface area contributed by atoms with Gasteiger partial charge in [0.05, 0.1) is 4.90 Å². The molecule has 136 valence electrons. The summed E-state index contributed by atoms with van der Waals surface area (Å²) in [7, 11) is -3.59. The fraction of sp³-hybridized carbons (Fsp3) is 0.500. The Bertz CT molecular complexity index is 919. The maximum Gasteiger partial charge on any atom is 0.248 e. The number of aromatic nitrogens is 1. The van der Waals surface area contributed by atoms with E-state index in [0.717, 1.165) is 49.8 Å². The third-order valence-corrected chi connectivity index (χ3v) is 6.22. The summed E-state index contributed by atoms with van der Waals surface area (Å²) in [5, 5.41) is 0.749. The molecule has 1 aliphatic rings. The molecule has 0 radical (unpaired) electrons. The molecule has 0 bridgehead atoms. The summed E-state index contributed by atoms with van der Waals surface area (Å²) in [5.74, 6) is 0. The first-order valence-electron chi connectivity index (χ1n) is 8.77. The third kappa shape index (κ3) is 4.11. The number of rotatable bonds is 5. The van der Waals surface area contributed by atoms with Crippen LogP contribution in [0.3, 0.4) is 0 Å². The molecule has 1 aliphatic heterocycles. The Morgan fingerprint density at radius 3 is 2.88 bits per heavy atom. The molecule has 1 atom stereocenters. The van der Waals surface area contributed by atoms with Crippen molar-refractivity contribution >= 4 is 20.9 Å². The second-order valence-corrected chi connectivity index (χ2v) is 8.50. The number of nitrogens with zero attached hydrogens (tertiary/aromatic N) is 1. The maximum atomic E-state index is 12.8. The van der Waals surface area contributed by atoms with Crippen LogP contribution < -0.4 is 10.3 Å². The summed E-state index contributed by atoms with van der Waals surface area (Å²) in [6, 6.07) is 6.26. The molecule has 7 heteroatoms. The summed E-state index contributed by atoms with van der Waals surface area (Å²) < 4.78 is 28.4. The smallest absolute Gasteiger partial charge is 0.248 e. The van der Waals surface area contributed by atoms with E-state index in [1.54, 1.807) is 18.2 Å². The molecular weight excluding hydrogens is 338 g/mol. The van der Waals surface area contributed by atoms with Crippen LogP contribution >= 0.6 is 0 Å².